The summed E-state index contributed by atoms with van der Waals surface area (Å²) in [6.07, 6.45) is 1.83. The molecule has 0 saturated carbocycles. The number of nitrogens with one attached hydrogen (secondary N) is 1. The Morgan fingerprint density at radius 3 is 2.87 bits per heavy atom. The van der Waals surface area contributed by atoms with Crippen LogP contribution in [0.2, 0.25) is 0 Å². The molecule has 0 spiro atoms. The number of carboxylic acids is 1. The second kappa shape index (κ2) is 6.49. The fourth-order valence-corrected chi connectivity index (χ4v) is 2.70. The maximum Gasteiger partial charge on any atom is 0.335 e. The summed E-state index contributed by atoms with van der Waals surface area (Å²) in [5.74, 6) is -1.14. The SMILES string of the molecule is O=C(CSc1nnc2ccccn12)Nc1cccc(C(=O)O)c1. The third-order valence-corrected chi connectivity index (χ3v) is 3.95. The molecule has 2 heterocycles. The van der Waals surface area contributed by atoms with Gasteiger partial charge in [0, 0.05) is 11.9 Å². The molecule has 1 amide bonds. The summed E-state index contributed by atoms with van der Waals surface area (Å²) in [7, 11) is 0. The van der Waals surface area contributed by atoms with Gasteiger partial charge in [0.25, 0.3) is 0 Å². The number of thioether (sulfide) groups is 1. The van der Waals surface area contributed by atoms with Gasteiger partial charge in [-0.3, -0.25) is 9.20 Å². The Hall–Kier alpha value is -2.87. The lowest BCUT2D eigenvalue weighted by Crippen LogP contribution is -2.14. The van der Waals surface area contributed by atoms with Crippen LogP contribution >= 0.6 is 11.8 Å². The van der Waals surface area contributed by atoms with Crippen molar-refractivity contribution in [3.63, 3.8) is 0 Å². The highest BCUT2D eigenvalue weighted by atomic mass is 32.2. The Balaban J connectivity index is 1.64. The van der Waals surface area contributed by atoms with E-state index in [0.717, 1.165) is 0 Å². The average Bonchev–Trinajstić information content (AvgIpc) is 2.96. The number of fused-ring (bicyclic) bond motifs is 1. The van der Waals surface area contributed by atoms with Gasteiger partial charge in [0.1, 0.15) is 0 Å². The molecule has 8 heteroatoms. The van der Waals surface area contributed by atoms with E-state index < -0.39 is 5.97 Å². The first-order chi connectivity index (χ1) is 11.1. The molecule has 23 heavy (non-hydrogen) atoms. The van der Waals surface area contributed by atoms with E-state index in [9.17, 15) is 9.59 Å². The summed E-state index contributed by atoms with van der Waals surface area (Å²) >= 11 is 1.26. The number of rotatable bonds is 5. The topological polar surface area (TPSA) is 96.6 Å². The van der Waals surface area contributed by atoms with Crippen LogP contribution < -0.4 is 5.32 Å². The minimum atomic E-state index is -1.04. The van der Waals surface area contributed by atoms with Gasteiger partial charge in [-0.05, 0) is 30.3 Å². The normalized spacial score (nSPS) is 10.6. The Kier molecular flexibility index (Phi) is 4.24. The molecule has 0 aliphatic carbocycles. The number of carbonyl (C=O) groups excluding carboxylic acids is 1. The van der Waals surface area contributed by atoms with Crippen LogP contribution in [0.5, 0.6) is 0 Å². The molecule has 0 bridgehead atoms. The molecule has 0 radical (unpaired) electrons. The molecule has 0 atom stereocenters. The lowest BCUT2D eigenvalue weighted by atomic mass is 10.2. The molecule has 7 nitrogen and oxygen atoms in total. The van der Waals surface area contributed by atoms with Gasteiger partial charge < -0.3 is 10.4 Å². The predicted octanol–water partition coefficient (Wildman–Crippen LogP) is 2.16. The van der Waals surface area contributed by atoms with Crippen molar-refractivity contribution in [3.05, 3.63) is 54.2 Å². The molecule has 3 aromatic rings. The molecule has 2 N–H and O–H groups in total. The van der Waals surface area contributed by atoms with Crippen LogP contribution in [0.3, 0.4) is 0 Å². The molecule has 3 rings (SSSR count). The molecule has 0 unspecified atom stereocenters. The Morgan fingerprint density at radius 1 is 1.17 bits per heavy atom. The van der Waals surface area contributed by atoms with E-state index in [1.807, 2.05) is 24.4 Å². The Morgan fingerprint density at radius 2 is 2.04 bits per heavy atom. The highest BCUT2D eigenvalue weighted by molar-refractivity contribution is 7.99. The monoisotopic (exact) mass is 328 g/mol. The second-order valence-electron chi connectivity index (χ2n) is 4.63. The molecular weight excluding hydrogens is 316 g/mol. The maximum atomic E-state index is 12.0. The van der Waals surface area contributed by atoms with Gasteiger partial charge in [-0.1, -0.05) is 23.9 Å². The molecule has 0 aliphatic rings. The van der Waals surface area contributed by atoms with Gasteiger partial charge >= 0.3 is 5.97 Å². The summed E-state index contributed by atoms with van der Waals surface area (Å²) in [4.78, 5) is 22.9. The highest BCUT2D eigenvalue weighted by Crippen LogP contribution is 2.17. The van der Waals surface area contributed by atoms with E-state index in [1.54, 1.807) is 16.5 Å². The van der Waals surface area contributed by atoms with Crippen molar-refractivity contribution >= 4 is 35.0 Å². The molecule has 2 aromatic heterocycles. The van der Waals surface area contributed by atoms with E-state index in [0.29, 0.717) is 16.5 Å². The fourth-order valence-electron chi connectivity index (χ4n) is 1.98. The number of carbonyl (C=O) groups is 2. The fraction of sp³-hybridized carbons (Fsp3) is 0.0667. The lowest BCUT2D eigenvalue weighted by molar-refractivity contribution is -0.113. The van der Waals surface area contributed by atoms with Gasteiger partial charge in [-0.25, -0.2) is 4.79 Å². The van der Waals surface area contributed by atoms with E-state index in [2.05, 4.69) is 15.5 Å². The van der Waals surface area contributed by atoms with Gasteiger partial charge in [-0.15, -0.1) is 10.2 Å². The number of amides is 1. The molecule has 0 saturated heterocycles. The average molecular weight is 328 g/mol. The number of aromatic nitrogens is 3. The molecule has 116 valence electrons. The van der Waals surface area contributed by atoms with Crippen LogP contribution in [-0.4, -0.2) is 37.3 Å². The zero-order chi connectivity index (χ0) is 16.2. The number of carboxylic acid groups (broad SMARTS) is 1. The minimum Gasteiger partial charge on any atom is -0.478 e. The summed E-state index contributed by atoms with van der Waals surface area (Å²) in [6, 6.07) is 11.7. The standard InChI is InChI=1S/C15H12N4O3S/c20-13(16-11-5-3-4-10(8-11)14(21)22)9-23-15-18-17-12-6-1-2-7-19(12)15/h1-8H,9H2,(H,16,20)(H,21,22). The maximum absolute atomic E-state index is 12.0. The van der Waals surface area contributed by atoms with Gasteiger partial charge in [0.05, 0.1) is 11.3 Å². The van der Waals surface area contributed by atoms with Crippen molar-refractivity contribution in [1.29, 1.82) is 0 Å². The number of anilines is 1. The van der Waals surface area contributed by atoms with Crippen molar-refractivity contribution in [2.75, 3.05) is 11.1 Å². The van der Waals surface area contributed by atoms with Gasteiger partial charge in [0.15, 0.2) is 10.8 Å². The number of hydrogen-bond acceptors (Lipinski definition) is 5. The lowest BCUT2D eigenvalue weighted by Gasteiger charge is -2.05. The molecule has 0 aliphatic heterocycles. The van der Waals surface area contributed by atoms with Crippen LogP contribution in [0.4, 0.5) is 5.69 Å². The summed E-state index contributed by atoms with van der Waals surface area (Å²) in [5, 5.41) is 20.3. The van der Waals surface area contributed by atoms with Crippen LogP contribution in [0.25, 0.3) is 5.65 Å². The Bertz CT molecular complexity index is 878. The number of nitrogens with zero attached hydrogens (tertiary/aromatic N) is 3. The van der Waals surface area contributed by atoms with E-state index >= 15 is 0 Å². The molecule has 0 fully saturated rings. The van der Waals surface area contributed by atoms with Crippen LogP contribution in [0, 0.1) is 0 Å². The largest absolute Gasteiger partial charge is 0.478 e. The first-order valence-electron chi connectivity index (χ1n) is 6.69. The first-order valence-corrected chi connectivity index (χ1v) is 7.68. The zero-order valence-electron chi connectivity index (χ0n) is 11.8. The van der Waals surface area contributed by atoms with Crippen molar-refractivity contribution in [3.8, 4) is 0 Å². The van der Waals surface area contributed by atoms with E-state index in [1.165, 1.54) is 23.9 Å². The summed E-state index contributed by atoms with van der Waals surface area (Å²) in [5.41, 5.74) is 1.28. The zero-order valence-corrected chi connectivity index (χ0v) is 12.7. The highest BCUT2D eigenvalue weighted by Gasteiger charge is 2.10. The van der Waals surface area contributed by atoms with Crippen LogP contribution in [0.15, 0.2) is 53.8 Å². The van der Waals surface area contributed by atoms with Crippen molar-refractivity contribution in [2.24, 2.45) is 0 Å². The van der Waals surface area contributed by atoms with Gasteiger partial charge in [-0.2, -0.15) is 0 Å². The van der Waals surface area contributed by atoms with Crippen molar-refractivity contribution < 1.29 is 14.7 Å². The Labute approximate surface area is 135 Å². The quantitative estimate of drug-likeness (QED) is 0.697. The predicted molar refractivity (Wildman–Crippen MR) is 85.7 cm³/mol. The van der Waals surface area contributed by atoms with Crippen LogP contribution in [0.1, 0.15) is 10.4 Å². The first kappa shape index (κ1) is 15.0. The summed E-state index contributed by atoms with van der Waals surface area (Å²) < 4.78 is 1.79. The third-order valence-electron chi connectivity index (χ3n) is 3.01. The van der Waals surface area contributed by atoms with E-state index in [-0.39, 0.29) is 17.2 Å². The van der Waals surface area contributed by atoms with Gasteiger partial charge in [0.2, 0.25) is 5.91 Å². The third kappa shape index (κ3) is 3.49. The van der Waals surface area contributed by atoms with Crippen molar-refractivity contribution in [1.82, 2.24) is 14.6 Å². The number of benzene rings is 1. The number of pyridine rings is 1. The number of aromatic carboxylic acids is 1. The smallest absolute Gasteiger partial charge is 0.335 e. The molecule has 1 aromatic carbocycles. The number of hydrogen-bond donors (Lipinski definition) is 2. The molecular formula is C15H12N4O3S. The summed E-state index contributed by atoms with van der Waals surface area (Å²) in [6.45, 7) is 0. The van der Waals surface area contributed by atoms with E-state index in [4.69, 9.17) is 5.11 Å². The van der Waals surface area contributed by atoms with Crippen molar-refractivity contribution in [2.45, 2.75) is 5.16 Å². The second-order valence-corrected chi connectivity index (χ2v) is 5.58. The minimum absolute atomic E-state index is 0.124. The van der Waals surface area contributed by atoms with Crippen LogP contribution in [-0.2, 0) is 4.79 Å².